The molecule has 0 radical (unpaired) electrons. The summed E-state index contributed by atoms with van der Waals surface area (Å²) in [5.74, 6) is -0.138. The van der Waals surface area contributed by atoms with Gasteiger partial charge in [-0.15, -0.1) is 0 Å². The minimum Gasteiger partial charge on any atom is -0.338 e. The Morgan fingerprint density at radius 3 is 2.50 bits per heavy atom. The van der Waals surface area contributed by atoms with Gasteiger partial charge in [-0.2, -0.15) is 9.29 Å². The summed E-state index contributed by atoms with van der Waals surface area (Å²) >= 11 is 6.00. The molecule has 9 heteroatoms. The molecule has 26 heavy (non-hydrogen) atoms. The van der Waals surface area contributed by atoms with Crippen LogP contribution in [0.1, 0.15) is 11.5 Å². The fourth-order valence-electron chi connectivity index (χ4n) is 2.32. The highest BCUT2D eigenvalue weighted by Crippen LogP contribution is 2.23. The normalized spacial score (nSPS) is 11.8. The van der Waals surface area contributed by atoms with E-state index in [9.17, 15) is 12.8 Å². The zero-order valence-corrected chi connectivity index (χ0v) is 15.3. The highest BCUT2D eigenvalue weighted by Gasteiger charge is 2.23. The summed E-state index contributed by atoms with van der Waals surface area (Å²) in [7, 11) is -3.67. The first-order valence-electron chi connectivity index (χ1n) is 7.60. The first-order chi connectivity index (χ1) is 12.3. The van der Waals surface area contributed by atoms with Crippen molar-refractivity contribution in [2.24, 2.45) is 0 Å². The van der Waals surface area contributed by atoms with Gasteiger partial charge in [0.15, 0.2) is 0 Å². The molecule has 0 unspecified atom stereocenters. The monoisotopic (exact) mass is 395 g/mol. The molecule has 0 bridgehead atoms. The van der Waals surface area contributed by atoms with Gasteiger partial charge in [-0.25, -0.2) is 12.8 Å². The Morgan fingerprint density at radius 1 is 1.12 bits per heavy atom. The van der Waals surface area contributed by atoms with E-state index in [1.165, 1.54) is 18.2 Å². The van der Waals surface area contributed by atoms with Crippen molar-refractivity contribution in [3.8, 4) is 11.4 Å². The van der Waals surface area contributed by atoms with E-state index in [-0.39, 0.29) is 29.6 Å². The summed E-state index contributed by atoms with van der Waals surface area (Å²) in [6.45, 7) is -0.434. The number of sulfonamides is 1. The van der Waals surface area contributed by atoms with Gasteiger partial charge in [0, 0.05) is 22.7 Å². The van der Waals surface area contributed by atoms with Crippen LogP contribution in [0, 0.1) is 5.82 Å². The topological polar surface area (TPSA) is 76.3 Å². The summed E-state index contributed by atoms with van der Waals surface area (Å²) in [4.78, 5) is 4.21. The number of nitrogens with zero attached hydrogens (tertiary/aromatic N) is 3. The van der Waals surface area contributed by atoms with Crippen LogP contribution in [0.5, 0.6) is 0 Å². The lowest BCUT2D eigenvalue weighted by atomic mass is 10.2. The number of hydrogen-bond donors (Lipinski definition) is 0. The van der Waals surface area contributed by atoms with Gasteiger partial charge in [0.25, 0.3) is 0 Å². The molecule has 2 aromatic carbocycles. The smallest absolute Gasteiger partial charge is 0.242 e. The quantitative estimate of drug-likeness (QED) is 0.638. The summed E-state index contributed by atoms with van der Waals surface area (Å²) in [5, 5.41) is 4.00. The Bertz CT molecular complexity index is 989. The van der Waals surface area contributed by atoms with Crippen molar-refractivity contribution in [2.45, 2.75) is 13.1 Å². The van der Waals surface area contributed by atoms with Crippen molar-refractivity contribution in [1.29, 1.82) is 0 Å². The Kier molecular flexibility index (Phi) is 5.36. The van der Waals surface area contributed by atoms with Gasteiger partial charge in [0.2, 0.25) is 21.7 Å². The second-order valence-electron chi connectivity index (χ2n) is 5.61. The van der Waals surface area contributed by atoms with Crippen molar-refractivity contribution >= 4 is 21.6 Å². The first kappa shape index (κ1) is 18.5. The Hall–Kier alpha value is -2.29. The zero-order chi connectivity index (χ0) is 18.7. The van der Waals surface area contributed by atoms with Crippen LogP contribution in [0.25, 0.3) is 11.4 Å². The fourth-order valence-corrected chi connectivity index (χ4v) is 3.26. The summed E-state index contributed by atoms with van der Waals surface area (Å²) < 4.78 is 44.4. The van der Waals surface area contributed by atoms with E-state index in [0.29, 0.717) is 5.82 Å². The highest BCUT2D eigenvalue weighted by atomic mass is 35.5. The lowest BCUT2D eigenvalue weighted by molar-refractivity contribution is 0.311. The molecular formula is C17H15ClFN3O3S. The van der Waals surface area contributed by atoms with Gasteiger partial charge in [0.1, 0.15) is 5.82 Å². The standard InChI is InChI=1S/C17H15ClFN3O3S/c1-26(23,24)22(10-13-14(18)8-5-9-15(13)19)11-16-20-17(21-25-16)12-6-3-2-4-7-12/h2-9H,10-11H2,1H3. The van der Waals surface area contributed by atoms with Crippen LogP contribution < -0.4 is 0 Å². The van der Waals surface area contributed by atoms with Crippen LogP contribution in [0.4, 0.5) is 4.39 Å². The average molecular weight is 396 g/mol. The van der Waals surface area contributed by atoms with Crippen LogP contribution in [0.2, 0.25) is 5.02 Å². The van der Waals surface area contributed by atoms with E-state index in [2.05, 4.69) is 10.1 Å². The fraction of sp³-hybridized carbons (Fsp3) is 0.176. The van der Waals surface area contributed by atoms with E-state index < -0.39 is 15.8 Å². The number of hydrogen-bond acceptors (Lipinski definition) is 5. The SMILES string of the molecule is CS(=O)(=O)N(Cc1nc(-c2ccccc2)no1)Cc1c(F)cccc1Cl. The molecule has 0 spiro atoms. The minimum absolute atomic E-state index is 0.0855. The molecule has 0 aliphatic rings. The van der Waals surface area contributed by atoms with Gasteiger partial charge in [0.05, 0.1) is 12.8 Å². The predicted octanol–water partition coefficient (Wildman–Crippen LogP) is 3.49. The van der Waals surface area contributed by atoms with Crippen molar-refractivity contribution in [3.05, 3.63) is 70.8 Å². The van der Waals surface area contributed by atoms with Crippen molar-refractivity contribution < 1.29 is 17.3 Å². The minimum atomic E-state index is -3.67. The maximum atomic E-state index is 14.0. The third kappa shape index (κ3) is 4.27. The molecule has 136 valence electrons. The molecule has 0 fully saturated rings. The van der Waals surface area contributed by atoms with Gasteiger partial charge in [-0.1, -0.05) is 53.2 Å². The van der Waals surface area contributed by atoms with Crippen molar-refractivity contribution in [2.75, 3.05) is 6.26 Å². The summed E-state index contributed by atoms with van der Waals surface area (Å²) in [5.41, 5.74) is 0.827. The first-order valence-corrected chi connectivity index (χ1v) is 9.83. The molecule has 0 N–H and O–H groups in total. The molecule has 1 aromatic heterocycles. The zero-order valence-electron chi connectivity index (χ0n) is 13.8. The molecule has 0 saturated carbocycles. The summed E-state index contributed by atoms with van der Waals surface area (Å²) in [6.07, 6.45) is 1.02. The van der Waals surface area contributed by atoms with E-state index >= 15 is 0 Å². The largest absolute Gasteiger partial charge is 0.338 e. The molecule has 3 rings (SSSR count). The molecular weight excluding hydrogens is 381 g/mol. The Labute approximate surface area is 155 Å². The molecule has 0 saturated heterocycles. The molecule has 0 amide bonds. The van der Waals surface area contributed by atoms with E-state index in [4.69, 9.17) is 16.1 Å². The number of rotatable bonds is 6. The van der Waals surface area contributed by atoms with Gasteiger partial charge in [-0.05, 0) is 12.1 Å². The highest BCUT2D eigenvalue weighted by molar-refractivity contribution is 7.88. The van der Waals surface area contributed by atoms with E-state index in [0.717, 1.165) is 16.1 Å². The van der Waals surface area contributed by atoms with Crippen molar-refractivity contribution in [3.63, 3.8) is 0 Å². The predicted molar refractivity (Wildman–Crippen MR) is 95.2 cm³/mol. The van der Waals surface area contributed by atoms with Crippen LogP contribution in [-0.4, -0.2) is 29.1 Å². The third-order valence-corrected chi connectivity index (χ3v) is 5.23. The van der Waals surface area contributed by atoms with Crippen LogP contribution in [0.15, 0.2) is 53.1 Å². The molecule has 3 aromatic rings. The number of halogens is 2. The molecule has 6 nitrogen and oxygen atoms in total. The van der Waals surface area contributed by atoms with Crippen LogP contribution in [0.3, 0.4) is 0 Å². The third-order valence-electron chi connectivity index (χ3n) is 3.68. The number of benzene rings is 2. The number of aromatic nitrogens is 2. The van der Waals surface area contributed by atoms with E-state index in [1.807, 2.05) is 30.3 Å². The molecule has 0 atom stereocenters. The second kappa shape index (κ2) is 7.53. The van der Waals surface area contributed by atoms with Gasteiger partial charge < -0.3 is 4.52 Å². The Morgan fingerprint density at radius 2 is 1.85 bits per heavy atom. The second-order valence-corrected chi connectivity index (χ2v) is 8.00. The Balaban J connectivity index is 1.85. The molecule has 0 aliphatic carbocycles. The molecule has 1 heterocycles. The summed E-state index contributed by atoms with van der Waals surface area (Å²) in [6, 6.07) is 13.3. The molecule has 0 aliphatic heterocycles. The maximum absolute atomic E-state index is 14.0. The average Bonchev–Trinajstić information content (AvgIpc) is 3.06. The lowest BCUT2D eigenvalue weighted by Crippen LogP contribution is -2.29. The maximum Gasteiger partial charge on any atom is 0.242 e. The van der Waals surface area contributed by atoms with E-state index in [1.54, 1.807) is 0 Å². The lowest BCUT2D eigenvalue weighted by Gasteiger charge is -2.19. The van der Waals surface area contributed by atoms with Crippen LogP contribution >= 0.6 is 11.6 Å². The van der Waals surface area contributed by atoms with Gasteiger partial charge >= 0.3 is 0 Å². The van der Waals surface area contributed by atoms with Gasteiger partial charge in [-0.3, -0.25) is 0 Å². The van der Waals surface area contributed by atoms with Crippen molar-refractivity contribution in [1.82, 2.24) is 14.4 Å². The van der Waals surface area contributed by atoms with Crippen LogP contribution in [-0.2, 0) is 23.1 Å².